The number of aliphatic hydroxyl groups is 1. The largest absolute Gasteiger partial charge is 0.467 e. The van der Waals surface area contributed by atoms with Crippen molar-refractivity contribution in [3.8, 4) is 0 Å². The SMILES string of the molecule is C[C@@H](O)c1ccc(N(Cc2ccco2)C2CC2)c(Br)c1. The topological polar surface area (TPSA) is 36.6 Å². The molecule has 1 fully saturated rings. The molecular weight excluding hydrogens is 318 g/mol. The normalized spacial score (nSPS) is 16.1. The summed E-state index contributed by atoms with van der Waals surface area (Å²) < 4.78 is 6.49. The maximum atomic E-state index is 9.66. The minimum atomic E-state index is -0.445. The van der Waals surface area contributed by atoms with Crippen molar-refractivity contribution in [2.45, 2.75) is 38.5 Å². The summed E-state index contributed by atoms with van der Waals surface area (Å²) in [4.78, 5) is 2.37. The molecule has 3 nitrogen and oxygen atoms in total. The Morgan fingerprint density at radius 1 is 1.40 bits per heavy atom. The standard InChI is InChI=1S/C16H18BrNO2/c1-11(19)12-4-7-16(15(17)9-12)18(13-5-6-13)10-14-3-2-8-20-14/h2-4,7-9,11,13,19H,5-6,10H2,1H3/t11-/m1/s1. The fourth-order valence-electron chi connectivity index (χ4n) is 2.38. The van der Waals surface area contributed by atoms with Crippen molar-refractivity contribution in [2.24, 2.45) is 0 Å². The van der Waals surface area contributed by atoms with Crippen molar-refractivity contribution >= 4 is 21.6 Å². The number of nitrogens with zero attached hydrogens (tertiary/aromatic N) is 1. The number of benzene rings is 1. The van der Waals surface area contributed by atoms with Crippen LogP contribution in [0, 0.1) is 0 Å². The van der Waals surface area contributed by atoms with Crippen molar-refractivity contribution in [3.63, 3.8) is 0 Å². The van der Waals surface area contributed by atoms with Crippen LogP contribution in [-0.2, 0) is 6.54 Å². The molecule has 1 aliphatic rings. The van der Waals surface area contributed by atoms with E-state index in [1.54, 1.807) is 13.2 Å². The number of hydrogen-bond donors (Lipinski definition) is 1. The van der Waals surface area contributed by atoms with Crippen LogP contribution in [0.3, 0.4) is 0 Å². The lowest BCUT2D eigenvalue weighted by Crippen LogP contribution is -2.25. The van der Waals surface area contributed by atoms with Crippen molar-refractivity contribution < 1.29 is 9.52 Å². The average molecular weight is 336 g/mol. The van der Waals surface area contributed by atoms with E-state index in [4.69, 9.17) is 4.42 Å². The van der Waals surface area contributed by atoms with Gasteiger partial charge in [-0.1, -0.05) is 6.07 Å². The molecule has 1 aromatic carbocycles. The average Bonchev–Trinajstić information content (AvgIpc) is 3.14. The first kappa shape index (κ1) is 13.7. The number of aliphatic hydroxyl groups excluding tert-OH is 1. The van der Waals surface area contributed by atoms with Crippen LogP contribution in [0.2, 0.25) is 0 Å². The van der Waals surface area contributed by atoms with Gasteiger partial charge in [0.2, 0.25) is 0 Å². The van der Waals surface area contributed by atoms with Crippen molar-refractivity contribution in [1.29, 1.82) is 0 Å². The monoisotopic (exact) mass is 335 g/mol. The van der Waals surface area contributed by atoms with Gasteiger partial charge in [0.15, 0.2) is 0 Å². The van der Waals surface area contributed by atoms with Gasteiger partial charge in [-0.25, -0.2) is 0 Å². The number of hydrogen-bond acceptors (Lipinski definition) is 3. The Kier molecular flexibility index (Phi) is 3.85. The van der Waals surface area contributed by atoms with E-state index >= 15 is 0 Å². The molecule has 1 N–H and O–H groups in total. The van der Waals surface area contributed by atoms with Gasteiger partial charge in [-0.15, -0.1) is 0 Å². The lowest BCUT2D eigenvalue weighted by Gasteiger charge is -2.25. The number of halogens is 1. The van der Waals surface area contributed by atoms with E-state index in [1.165, 1.54) is 12.8 Å². The van der Waals surface area contributed by atoms with Crippen LogP contribution in [0.4, 0.5) is 5.69 Å². The Hall–Kier alpha value is -1.26. The van der Waals surface area contributed by atoms with Crippen LogP contribution < -0.4 is 4.90 Å². The first-order valence-electron chi connectivity index (χ1n) is 6.91. The number of furan rings is 1. The van der Waals surface area contributed by atoms with Crippen molar-refractivity contribution in [1.82, 2.24) is 0 Å². The highest BCUT2D eigenvalue weighted by molar-refractivity contribution is 9.10. The van der Waals surface area contributed by atoms with Gasteiger partial charge in [0.05, 0.1) is 24.6 Å². The molecule has 2 aromatic rings. The molecule has 3 rings (SSSR count). The summed E-state index contributed by atoms with van der Waals surface area (Å²) in [5, 5.41) is 9.66. The Morgan fingerprint density at radius 2 is 2.20 bits per heavy atom. The molecular formula is C16H18BrNO2. The maximum Gasteiger partial charge on any atom is 0.123 e. The molecule has 4 heteroatoms. The second-order valence-electron chi connectivity index (χ2n) is 5.33. The minimum Gasteiger partial charge on any atom is -0.467 e. The van der Waals surface area contributed by atoms with Gasteiger partial charge < -0.3 is 14.4 Å². The fourth-order valence-corrected chi connectivity index (χ4v) is 3.01. The van der Waals surface area contributed by atoms with E-state index in [9.17, 15) is 5.11 Å². The molecule has 0 saturated heterocycles. The Balaban J connectivity index is 1.87. The molecule has 1 aliphatic carbocycles. The highest BCUT2D eigenvalue weighted by Gasteiger charge is 2.31. The zero-order valence-corrected chi connectivity index (χ0v) is 13.0. The molecule has 0 amide bonds. The predicted molar refractivity (Wildman–Crippen MR) is 82.7 cm³/mol. The summed E-state index contributed by atoms with van der Waals surface area (Å²) in [5.41, 5.74) is 2.09. The molecule has 106 valence electrons. The second kappa shape index (κ2) is 5.62. The third-order valence-electron chi connectivity index (χ3n) is 3.66. The van der Waals surface area contributed by atoms with Gasteiger partial charge in [0.1, 0.15) is 5.76 Å². The quantitative estimate of drug-likeness (QED) is 0.886. The Morgan fingerprint density at radius 3 is 2.75 bits per heavy atom. The Bertz CT molecular complexity index is 576. The predicted octanol–water partition coefficient (Wildman–Crippen LogP) is 4.26. The summed E-state index contributed by atoms with van der Waals surface area (Å²) >= 11 is 3.63. The summed E-state index contributed by atoms with van der Waals surface area (Å²) in [7, 11) is 0. The number of rotatable bonds is 5. The van der Waals surface area contributed by atoms with Crippen LogP contribution in [-0.4, -0.2) is 11.1 Å². The van der Waals surface area contributed by atoms with Gasteiger partial charge in [0.25, 0.3) is 0 Å². The first-order valence-corrected chi connectivity index (χ1v) is 7.71. The molecule has 0 bridgehead atoms. The Labute approximate surface area is 127 Å². The van der Waals surface area contributed by atoms with Gasteiger partial charge in [-0.3, -0.25) is 0 Å². The molecule has 20 heavy (non-hydrogen) atoms. The molecule has 1 saturated carbocycles. The van der Waals surface area contributed by atoms with Crippen molar-refractivity contribution in [3.05, 3.63) is 52.4 Å². The van der Waals surface area contributed by atoms with Crippen LogP contribution in [0.1, 0.15) is 37.2 Å². The lowest BCUT2D eigenvalue weighted by atomic mass is 10.1. The zero-order valence-electron chi connectivity index (χ0n) is 11.4. The van der Waals surface area contributed by atoms with Crippen LogP contribution in [0.15, 0.2) is 45.5 Å². The highest BCUT2D eigenvalue weighted by Crippen LogP contribution is 2.38. The van der Waals surface area contributed by atoms with Gasteiger partial charge in [-0.2, -0.15) is 0 Å². The van der Waals surface area contributed by atoms with E-state index in [-0.39, 0.29) is 0 Å². The molecule has 1 atom stereocenters. The molecule has 0 unspecified atom stereocenters. The van der Waals surface area contributed by atoms with E-state index < -0.39 is 6.10 Å². The zero-order chi connectivity index (χ0) is 14.1. The minimum absolute atomic E-state index is 0.445. The third-order valence-corrected chi connectivity index (χ3v) is 4.29. The van der Waals surface area contributed by atoms with Gasteiger partial charge in [0, 0.05) is 10.5 Å². The molecule has 0 aliphatic heterocycles. The second-order valence-corrected chi connectivity index (χ2v) is 6.18. The summed E-state index contributed by atoms with van der Waals surface area (Å²) in [6.07, 6.45) is 3.72. The molecule has 1 aromatic heterocycles. The summed E-state index contributed by atoms with van der Waals surface area (Å²) in [5.74, 6) is 0.975. The van der Waals surface area contributed by atoms with Crippen LogP contribution in [0.5, 0.6) is 0 Å². The summed E-state index contributed by atoms with van der Waals surface area (Å²) in [6.45, 7) is 2.56. The number of anilines is 1. The molecule has 0 radical (unpaired) electrons. The molecule has 1 heterocycles. The van der Waals surface area contributed by atoms with E-state index in [0.717, 1.165) is 28.0 Å². The van der Waals surface area contributed by atoms with Crippen molar-refractivity contribution in [2.75, 3.05) is 4.90 Å². The summed E-state index contributed by atoms with van der Waals surface area (Å²) in [6, 6.07) is 10.6. The molecule has 0 spiro atoms. The van der Waals surface area contributed by atoms with E-state index in [0.29, 0.717) is 6.04 Å². The van der Waals surface area contributed by atoms with Gasteiger partial charge >= 0.3 is 0 Å². The lowest BCUT2D eigenvalue weighted by molar-refractivity contribution is 0.199. The van der Waals surface area contributed by atoms with Crippen LogP contribution >= 0.6 is 15.9 Å². The van der Waals surface area contributed by atoms with E-state index in [2.05, 4.69) is 26.9 Å². The van der Waals surface area contributed by atoms with E-state index in [1.807, 2.05) is 24.3 Å². The fraction of sp³-hybridized carbons (Fsp3) is 0.375. The first-order chi connectivity index (χ1) is 9.65. The van der Waals surface area contributed by atoms with Gasteiger partial charge in [-0.05, 0) is 65.5 Å². The maximum absolute atomic E-state index is 9.66. The third kappa shape index (κ3) is 2.91. The smallest absolute Gasteiger partial charge is 0.123 e. The highest BCUT2D eigenvalue weighted by atomic mass is 79.9. The van der Waals surface area contributed by atoms with Crippen LogP contribution in [0.25, 0.3) is 0 Å².